The molecule has 3 rings (SSSR count). The number of hydrogen-bond acceptors (Lipinski definition) is 4. The molecule has 6 nitrogen and oxygen atoms in total. The van der Waals surface area contributed by atoms with Crippen molar-refractivity contribution in [2.24, 2.45) is 17.8 Å². The van der Waals surface area contributed by atoms with Crippen LogP contribution in [0.2, 0.25) is 0 Å². The Morgan fingerprint density at radius 3 is 1.94 bits per heavy atom. The minimum atomic E-state index is -0.0671. The van der Waals surface area contributed by atoms with E-state index in [9.17, 15) is 9.59 Å². The molecule has 1 fully saturated rings. The van der Waals surface area contributed by atoms with E-state index in [1.807, 2.05) is 13.8 Å². The van der Waals surface area contributed by atoms with Gasteiger partial charge in [0.25, 0.3) is 0 Å². The number of hydrogen-bond donors (Lipinski definition) is 0. The van der Waals surface area contributed by atoms with Crippen LogP contribution in [-0.4, -0.2) is 31.1 Å². The van der Waals surface area contributed by atoms with Gasteiger partial charge in [-0.05, 0) is 69.1 Å². The number of amides is 2. The molecule has 0 aliphatic heterocycles. The smallest absolute Gasteiger partial charge is 0.140 e. The normalized spacial score (nSPS) is 18.7. The zero-order valence-corrected chi connectivity index (χ0v) is 30.1. The van der Waals surface area contributed by atoms with Crippen molar-refractivity contribution in [3.63, 3.8) is 0 Å². The number of carbonyl (C=O) groups is 2. The minimum Gasteiger partial charge on any atom is -0.656 e. The van der Waals surface area contributed by atoms with Crippen LogP contribution in [-0.2, 0) is 94.3 Å². The van der Waals surface area contributed by atoms with Crippen molar-refractivity contribution >= 4 is 11.8 Å². The summed E-state index contributed by atoms with van der Waals surface area (Å²) in [7, 11) is 3.11. The Morgan fingerprint density at radius 1 is 0.917 bits per heavy atom. The summed E-state index contributed by atoms with van der Waals surface area (Å²) in [5, 5.41) is 11.3. The molecule has 0 spiro atoms. The quantitative estimate of drug-likeness (QED) is 0.294. The van der Waals surface area contributed by atoms with Crippen molar-refractivity contribution in [3.05, 3.63) is 41.5 Å². The summed E-state index contributed by atoms with van der Waals surface area (Å²) in [5.74, 6) is 3.43. The second kappa shape index (κ2) is 28.4. The Balaban J connectivity index is -0.000000226. The van der Waals surface area contributed by atoms with E-state index in [-0.39, 0.29) is 77.2 Å². The van der Waals surface area contributed by atoms with E-state index in [2.05, 4.69) is 43.5 Å². The second-order valence-corrected chi connectivity index (χ2v) is 8.19. The zero-order valence-electron chi connectivity index (χ0n) is 24.4. The molecular weight excluding hydrogens is 604 g/mol. The van der Waals surface area contributed by atoms with E-state index in [1.165, 1.54) is 38.3 Å². The van der Waals surface area contributed by atoms with Crippen LogP contribution in [0.1, 0.15) is 104 Å². The fraction of sp³-hybridized carbons (Fsp3) is 0.750. The molecule has 1 heterocycles. The van der Waals surface area contributed by atoms with Crippen LogP contribution in [0, 0.1) is 31.6 Å². The van der Waals surface area contributed by atoms with Gasteiger partial charge in [-0.15, -0.1) is 14.1 Å². The third-order valence-corrected chi connectivity index (χ3v) is 6.47. The first-order valence-electron chi connectivity index (χ1n) is 13.1. The van der Waals surface area contributed by atoms with E-state index in [0.29, 0.717) is 19.3 Å². The van der Waals surface area contributed by atoms with Crippen LogP contribution in [0.25, 0.3) is 10.6 Å². The summed E-state index contributed by atoms with van der Waals surface area (Å²) in [6.07, 6.45) is 9.87. The standard InChI is InChI=1S/C11H16N2O2.C11H21NO.C2H6.2C2H5.2Y/c1-12-11(14)7-6-9-8-4-2-3-5-10(8)15-13-9;1-8-4-5-10(9(8)2)6-7-11(13)12-3;3*1-2;;/h2-7H2,1H3,(H,12,14);8-10H,4-7H2,1-3H3,(H,12,13);1-2H3;2*1H2,2H3;;/q;;;2*-1;;/p-2/t;8-,9-,10-;;;;;/m.1...../s1. The van der Waals surface area contributed by atoms with E-state index in [4.69, 9.17) is 4.52 Å². The van der Waals surface area contributed by atoms with Gasteiger partial charge < -0.3 is 38.6 Å². The fourth-order valence-corrected chi connectivity index (χ4v) is 4.28. The maximum absolute atomic E-state index is 11.1. The molecule has 3 atom stereocenters. The first-order chi connectivity index (χ1) is 16.5. The van der Waals surface area contributed by atoms with Gasteiger partial charge in [0.2, 0.25) is 0 Å². The van der Waals surface area contributed by atoms with E-state index >= 15 is 0 Å². The molecule has 36 heavy (non-hydrogen) atoms. The molecule has 206 valence electrons. The molecule has 0 unspecified atom stereocenters. The first-order valence-corrected chi connectivity index (χ1v) is 13.1. The van der Waals surface area contributed by atoms with Crippen molar-refractivity contribution in [1.82, 2.24) is 5.16 Å². The van der Waals surface area contributed by atoms with Crippen molar-refractivity contribution in [1.29, 1.82) is 0 Å². The third kappa shape index (κ3) is 17.0. The van der Waals surface area contributed by atoms with Crippen LogP contribution >= 0.6 is 0 Å². The molecule has 1 aromatic heterocycles. The molecule has 2 aliphatic rings. The summed E-state index contributed by atoms with van der Waals surface area (Å²) >= 11 is 0. The van der Waals surface area contributed by atoms with Crippen LogP contribution < -0.4 is 0 Å². The maximum atomic E-state index is 11.1. The van der Waals surface area contributed by atoms with Crippen molar-refractivity contribution in [3.8, 4) is 0 Å². The predicted octanol–water partition coefficient (Wildman–Crippen LogP) is 7.70. The summed E-state index contributed by atoms with van der Waals surface area (Å²) < 4.78 is 5.26. The van der Waals surface area contributed by atoms with Gasteiger partial charge in [-0.3, -0.25) is 0 Å². The SMILES string of the molecule is CC.C[N-]C(=O)CC[C@H]1CC[C@@H](C)[C@H]1C.C[N-]C(=O)CCc1noc2c1CCCC2.[CH2-]C.[CH2-]C.[Y].[Y]. The van der Waals surface area contributed by atoms with Crippen molar-refractivity contribution in [2.75, 3.05) is 14.1 Å². The van der Waals surface area contributed by atoms with Gasteiger partial charge in [0.15, 0.2) is 0 Å². The van der Waals surface area contributed by atoms with Crippen molar-refractivity contribution in [2.45, 2.75) is 106 Å². The number of aromatic nitrogens is 1. The largest absolute Gasteiger partial charge is 0.656 e. The van der Waals surface area contributed by atoms with Gasteiger partial charge >= 0.3 is 0 Å². The Kier molecular flexibility index (Phi) is 34.2. The Bertz CT molecular complexity index is 654. The van der Waals surface area contributed by atoms with Gasteiger partial charge in [-0.2, -0.15) is 13.8 Å². The molecule has 1 aromatic rings. The summed E-state index contributed by atoms with van der Waals surface area (Å²) in [5.41, 5.74) is 2.20. The van der Waals surface area contributed by atoms with Crippen LogP contribution in [0.3, 0.4) is 0 Å². The topological polar surface area (TPSA) is 88.4 Å². The molecule has 0 N–H and O–H groups in total. The molecule has 8 heteroatoms. The second-order valence-electron chi connectivity index (χ2n) is 8.19. The van der Waals surface area contributed by atoms with Gasteiger partial charge in [-0.1, -0.05) is 39.3 Å². The van der Waals surface area contributed by atoms with Gasteiger partial charge in [0, 0.05) is 77.4 Å². The fourth-order valence-electron chi connectivity index (χ4n) is 4.28. The van der Waals surface area contributed by atoms with Crippen molar-refractivity contribution < 1.29 is 79.5 Å². The molecule has 0 aromatic carbocycles. The molecule has 2 radical (unpaired) electrons. The number of rotatable bonds is 6. The van der Waals surface area contributed by atoms with E-state index in [1.54, 1.807) is 20.9 Å². The van der Waals surface area contributed by atoms with Gasteiger partial charge in [0.05, 0.1) is 17.5 Å². The monoisotopic (exact) mass is 655 g/mol. The predicted molar refractivity (Wildman–Crippen MR) is 144 cm³/mol. The van der Waals surface area contributed by atoms with Gasteiger partial charge in [-0.25, -0.2) is 0 Å². The number of carbonyl (C=O) groups excluding carboxylic acids is 2. The van der Waals surface area contributed by atoms with E-state index < -0.39 is 0 Å². The number of nitrogens with zero attached hydrogens (tertiary/aromatic N) is 3. The zero-order chi connectivity index (χ0) is 26.5. The van der Waals surface area contributed by atoms with Crippen LogP contribution in [0.4, 0.5) is 0 Å². The maximum Gasteiger partial charge on any atom is 0.140 e. The minimum absolute atomic E-state index is 0. The molecule has 0 bridgehead atoms. The molecule has 1 saturated carbocycles. The molecule has 2 aliphatic carbocycles. The Labute approximate surface area is 273 Å². The summed E-state index contributed by atoms with van der Waals surface area (Å²) in [6.45, 7) is 18.6. The number of fused-ring (bicyclic) bond motifs is 1. The summed E-state index contributed by atoms with van der Waals surface area (Å²) in [4.78, 5) is 22.0. The van der Waals surface area contributed by atoms with E-state index in [0.717, 1.165) is 48.5 Å². The van der Waals surface area contributed by atoms with Crippen LogP contribution in [0.5, 0.6) is 0 Å². The first kappa shape index (κ1) is 43.4. The third-order valence-electron chi connectivity index (χ3n) is 6.47. The number of aryl methyl sites for hydroxylation is 2. The average molecular weight is 656 g/mol. The Hall–Kier alpha value is 0.358. The van der Waals surface area contributed by atoms with Gasteiger partial charge in [0.1, 0.15) is 5.76 Å². The average Bonchev–Trinajstić information content (AvgIpc) is 3.47. The Morgan fingerprint density at radius 2 is 1.44 bits per heavy atom. The molecular formula is C28H51N3O3Y2-4. The molecule has 2 amide bonds. The summed E-state index contributed by atoms with van der Waals surface area (Å²) in [6, 6.07) is 0. The van der Waals surface area contributed by atoms with Crippen LogP contribution in [0.15, 0.2) is 4.52 Å². The molecule has 0 saturated heterocycles.